The highest BCUT2D eigenvalue weighted by atomic mass is 28.3. The number of rotatable bonds is 2. The van der Waals surface area contributed by atoms with Gasteiger partial charge in [0.15, 0.2) is 0 Å². The quantitative estimate of drug-likeness (QED) is 0.203. The van der Waals surface area contributed by atoms with Crippen LogP contribution in [0.15, 0.2) is 130 Å². The van der Waals surface area contributed by atoms with E-state index in [-0.39, 0.29) is 0 Å². The topological polar surface area (TPSA) is 26.3 Å². The van der Waals surface area contributed by atoms with Crippen LogP contribution in [0.5, 0.6) is 0 Å². The summed E-state index contributed by atoms with van der Waals surface area (Å²) < 4.78 is 12.8. The molecule has 9 rings (SSSR count). The molecule has 1 aliphatic heterocycles. The summed E-state index contributed by atoms with van der Waals surface area (Å²) in [5.41, 5.74) is 11.3. The molecule has 0 N–H and O–H groups in total. The average molecular weight is 543 g/mol. The highest BCUT2D eigenvalue weighted by Crippen LogP contribution is 2.40. The molecule has 2 aromatic heterocycles. The zero-order valence-electron chi connectivity index (χ0n) is 22.9. The van der Waals surface area contributed by atoms with Gasteiger partial charge in [0.1, 0.15) is 30.4 Å². The molecule has 3 heterocycles. The van der Waals surface area contributed by atoms with Crippen molar-refractivity contribution >= 4 is 62.3 Å². The minimum atomic E-state index is -1.97. The Labute approximate surface area is 238 Å². The van der Waals surface area contributed by atoms with Crippen LogP contribution in [0.4, 0.5) is 0 Å². The maximum Gasteiger partial charge on any atom is 0.143 e. The lowest BCUT2D eigenvalue weighted by Gasteiger charge is -2.20. The fraction of sp³-hybridized carbons (Fsp3) is 0.0526. The summed E-state index contributed by atoms with van der Waals surface area (Å²) in [5, 5.41) is 7.64. The van der Waals surface area contributed by atoms with Crippen molar-refractivity contribution in [3.63, 3.8) is 0 Å². The number of benzene rings is 6. The molecule has 0 saturated carbocycles. The first-order valence-corrected chi connectivity index (χ1v) is 17.2. The third-order valence-electron chi connectivity index (χ3n) is 9.11. The molecule has 41 heavy (non-hydrogen) atoms. The first-order valence-electron chi connectivity index (χ1n) is 14.2. The predicted molar refractivity (Wildman–Crippen MR) is 174 cm³/mol. The van der Waals surface area contributed by atoms with E-state index in [0.29, 0.717) is 0 Å². The third-order valence-corrected chi connectivity index (χ3v) is 12.6. The van der Waals surface area contributed by atoms with Crippen molar-refractivity contribution < 1.29 is 8.83 Å². The summed E-state index contributed by atoms with van der Waals surface area (Å²) >= 11 is 0. The molecular formula is C38H26O2Si. The third kappa shape index (κ3) is 3.12. The number of para-hydroxylation sites is 4. The van der Waals surface area contributed by atoms with E-state index in [0.717, 1.165) is 33.5 Å². The lowest BCUT2D eigenvalue weighted by molar-refractivity contribution is 0.669. The number of hydrogen-bond acceptors (Lipinski definition) is 2. The van der Waals surface area contributed by atoms with Crippen molar-refractivity contribution in [2.45, 2.75) is 13.1 Å². The van der Waals surface area contributed by atoms with Crippen molar-refractivity contribution in [2.24, 2.45) is 0 Å². The number of furan rings is 2. The van der Waals surface area contributed by atoms with Crippen molar-refractivity contribution in [3.05, 3.63) is 121 Å². The highest BCUT2D eigenvalue weighted by Gasteiger charge is 2.38. The van der Waals surface area contributed by atoms with E-state index >= 15 is 0 Å². The maximum absolute atomic E-state index is 6.40. The van der Waals surface area contributed by atoms with Gasteiger partial charge < -0.3 is 8.83 Å². The van der Waals surface area contributed by atoms with E-state index in [9.17, 15) is 0 Å². The first kappa shape index (κ1) is 22.9. The molecule has 0 aliphatic carbocycles. The van der Waals surface area contributed by atoms with Crippen molar-refractivity contribution in [2.75, 3.05) is 0 Å². The van der Waals surface area contributed by atoms with Crippen molar-refractivity contribution in [1.82, 2.24) is 0 Å². The zero-order valence-corrected chi connectivity index (χ0v) is 23.9. The lowest BCUT2D eigenvalue weighted by Crippen LogP contribution is -2.49. The van der Waals surface area contributed by atoms with Crippen molar-refractivity contribution in [3.8, 4) is 33.4 Å². The summed E-state index contributed by atoms with van der Waals surface area (Å²) in [6.07, 6.45) is 0. The normalized spacial score (nSPS) is 13.8. The minimum Gasteiger partial charge on any atom is -0.455 e. The van der Waals surface area contributed by atoms with Gasteiger partial charge in [0.2, 0.25) is 0 Å². The van der Waals surface area contributed by atoms with Gasteiger partial charge in [-0.1, -0.05) is 122 Å². The first-order chi connectivity index (χ1) is 20.1. The summed E-state index contributed by atoms with van der Waals surface area (Å²) in [4.78, 5) is 0. The molecule has 194 valence electrons. The van der Waals surface area contributed by atoms with Gasteiger partial charge in [0, 0.05) is 32.7 Å². The molecule has 0 bridgehead atoms. The second-order valence-electron chi connectivity index (χ2n) is 11.7. The van der Waals surface area contributed by atoms with E-state index in [4.69, 9.17) is 8.83 Å². The summed E-state index contributed by atoms with van der Waals surface area (Å²) in [7, 11) is -1.97. The fourth-order valence-electron chi connectivity index (χ4n) is 7.02. The van der Waals surface area contributed by atoms with Crippen LogP contribution in [0.2, 0.25) is 13.1 Å². The Balaban J connectivity index is 1.19. The highest BCUT2D eigenvalue weighted by molar-refractivity contribution is 7.03. The maximum atomic E-state index is 6.40. The SMILES string of the molecule is C[Si]1(C)c2cc(-c3cccc4c3oc3ccccc34)ccc2-c2ccc(-c3cccc4c3oc3ccccc34)cc21. The average Bonchev–Trinajstić information content (AvgIpc) is 3.65. The largest absolute Gasteiger partial charge is 0.455 e. The van der Waals surface area contributed by atoms with Crippen LogP contribution in [-0.2, 0) is 0 Å². The molecule has 8 aromatic rings. The van der Waals surface area contributed by atoms with Crippen molar-refractivity contribution in [1.29, 1.82) is 0 Å². The molecule has 6 aromatic carbocycles. The molecule has 1 aliphatic rings. The molecule has 0 unspecified atom stereocenters. The molecule has 0 amide bonds. The van der Waals surface area contributed by atoms with Gasteiger partial charge in [-0.3, -0.25) is 0 Å². The van der Waals surface area contributed by atoms with Crippen LogP contribution in [0.25, 0.3) is 77.3 Å². The Morgan fingerprint density at radius 1 is 0.415 bits per heavy atom. The molecule has 0 spiro atoms. The van der Waals surface area contributed by atoms with Crippen LogP contribution >= 0.6 is 0 Å². The summed E-state index contributed by atoms with van der Waals surface area (Å²) in [6.45, 7) is 4.96. The predicted octanol–water partition coefficient (Wildman–Crippen LogP) is 9.62. The zero-order chi connectivity index (χ0) is 27.3. The second-order valence-corrected chi connectivity index (χ2v) is 16.0. The van der Waals surface area contributed by atoms with E-state index in [1.54, 1.807) is 0 Å². The van der Waals surface area contributed by atoms with Gasteiger partial charge in [0.25, 0.3) is 0 Å². The fourth-order valence-corrected chi connectivity index (χ4v) is 10.1. The second kappa shape index (κ2) is 8.09. The van der Waals surface area contributed by atoms with Crippen LogP contribution in [0, 0.1) is 0 Å². The Morgan fingerprint density at radius 2 is 0.854 bits per heavy atom. The molecule has 2 nitrogen and oxygen atoms in total. The summed E-state index contributed by atoms with van der Waals surface area (Å²) in [6, 6.07) is 43.7. The monoisotopic (exact) mass is 542 g/mol. The van der Waals surface area contributed by atoms with Gasteiger partial charge in [-0.25, -0.2) is 0 Å². The van der Waals surface area contributed by atoms with E-state index in [1.807, 2.05) is 12.1 Å². The van der Waals surface area contributed by atoms with Gasteiger partial charge in [-0.05, 0) is 44.8 Å². The number of fused-ring (bicyclic) bond motifs is 9. The van der Waals surface area contributed by atoms with E-state index in [1.165, 1.54) is 54.2 Å². The van der Waals surface area contributed by atoms with Gasteiger partial charge >= 0.3 is 0 Å². The number of hydrogen-bond donors (Lipinski definition) is 0. The molecule has 3 heteroatoms. The molecule has 0 atom stereocenters. The minimum absolute atomic E-state index is 0.935. The van der Waals surface area contributed by atoms with E-state index < -0.39 is 8.07 Å². The van der Waals surface area contributed by atoms with Gasteiger partial charge in [-0.15, -0.1) is 0 Å². The van der Waals surface area contributed by atoms with E-state index in [2.05, 4.69) is 122 Å². The molecule has 0 fully saturated rings. The smallest absolute Gasteiger partial charge is 0.143 e. The Kier molecular flexibility index (Phi) is 4.52. The molecule has 0 saturated heterocycles. The van der Waals surface area contributed by atoms with Crippen LogP contribution in [0.1, 0.15) is 0 Å². The lowest BCUT2D eigenvalue weighted by atomic mass is 9.97. The Morgan fingerprint density at radius 3 is 1.34 bits per heavy atom. The Bertz CT molecular complexity index is 2190. The Hall–Kier alpha value is -4.86. The summed E-state index contributed by atoms with van der Waals surface area (Å²) in [5.74, 6) is 0. The van der Waals surface area contributed by atoms with Crippen LogP contribution in [-0.4, -0.2) is 8.07 Å². The molecule has 0 radical (unpaired) electrons. The van der Waals surface area contributed by atoms with Gasteiger partial charge in [-0.2, -0.15) is 0 Å². The van der Waals surface area contributed by atoms with Crippen LogP contribution < -0.4 is 10.4 Å². The standard InChI is InChI=1S/C38H26O2Si/c1-41(2)35-21-23(25-11-7-13-31-27-9-3-5-15-33(27)39-37(25)31)17-19-29(35)30-20-18-24(22-36(30)41)26-12-8-14-32-28-10-4-6-16-34(28)40-38(26)32/h3-22H,1-2H3. The molecular weight excluding hydrogens is 517 g/mol. The van der Waals surface area contributed by atoms with Gasteiger partial charge in [0.05, 0.1) is 0 Å². The van der Waals surface area contributed by atoms with Crippen LogP contribution in [0.3, 0.4) is 0 Å².